The molecule has 3 rings (SSSR count). The zero-order chi connectivity index (χ0) is 15.0. The van der Waals surface area contributed by atoms with Crippen LogP contribution in [0.5, 0.6) is 5.75 Å². The first kappa shape index (κ1) is 13.6. The Kier molecular flexibility index (Phi) is 3.13. The summed E-state index contributed by atoms with van der Waals surface area (Å²) in [5.74, 6) is 0.696. The number of hydrogen-bond acceptors (Lipinski definition) is 5. The van der Waals surface area contributed by atoms with E-state index in [9.17, 15) is 8.42 Å². The summed E-state index contributed by atoms with van der Waals surface area (Å²) >= 11 is 0. The molecule has 0 aliphatic rings. The number of anilines is 1. The van der Waals surface area contributed by atoms with Crippen LogP contribution in [-0.2, 0) is 10.0 Å². The fraction of sp³-hybridized carbons (Fsp3) is 0.143. The Morgan fingerprint density at radius 2 is 1.57 bits per heavy atom. The van der Waals surface area contributed by atoms with E-state index in [4.69, 9.17) is 4.74 Å². The van der Waals surface area contributed by atoms with Crippen LogP contribution in [0.25, 0.3) is 22.1 Å². The topological polar surface area (TPSA) is 81.2 Å². The van der Waals surface area contributed by atoms with Crippen molar-refractivity contribution in [3.8, 4) is 5.75 Å². The van der Waals surface area contributed by atoms with Crippen molar-refractivity contribution in [3.05, 3.63) is 36.4 Å². The molecule has 0 bridgehead atoms. The summed E-state index contributed by atoms with van der Waals surface area (Å²) in [5.41, 5.74) is 3.23. The van der Waals surface area contributed by atoms with Crippen LogP contribution in [0, 0.1) is 0 Å². The van der Waals surface area contributed by atoms with Crippen LogP contribution < -0.4 is 9.46 Å². The molecule has 0 aliphatic carbocycles. The average Bonchev–Trinajstić information content (AvgIpc) is 2.42. The molecule has 6 nitrogen and oxygen atoms in total. The summed E-state index contributed by atoms with van der Waals surface area (Å²) < 4.78 is 30.1. The van der Waals surface area contributed by atoms with Gasteiger partial charge in [-0.3, -0.25) is 4.72 Å². The number of ether oxygens (including phenoxy) is 1. The van der Waals surface area contributed by atoms with Crippen molar-refractivity contribution in [3.63, 3.8) is 0 Å². The van der Waals surface area contributed by atoms with E-state index in [0.29, 0.717) is 28.0 Å². The van der Waals surface area contributed by atoms with Crippen LogP contribution in [-0.4, -0.2) is 31.8 Å². The number of hydrogen-bond donors (Lipinski definition) is 1. The molecular formula is C14H13N3O3S. The van der Waals surface area contributed by atoms with E-state index < -0.39 is 10.0 Å². The molecule has 1 N–H and O–H groups in total. The molecule has 1 aromatic heterocycles. The van der Waals surface area contributed by atoms with E-state index in [2.05, 4.69) is 14.7 Å². The highest BCUT2D eigenvalue weighted by Gasteiger charge is 2.06. The molecule has 0 spiro atoms. The molecule has 1 heterocycles. The summed E-state index contributed by atoms with van der Waals surface area (Å²) in [7, 11) is -1.73. The molecule has 0 saturated heterocycles. The fourth-order valence-electron chi connectivity index (χ4n) is 2.06. The van der Waals surface area contributed by atoms with Gasteiger partial charge in [0.15, 0.2) is 0 Å². The van der Waals surface area contributed by atoms with Crippen molar-refractivity contribution in [2.24, 2.45) is 0 Å². The van der Waals surface area contributed by atoms with Crippen LogP contribution in [0.1, 0.15) is 0 Å². The van der Waals surface area contributed by atoms with Crippen LogP contribution >= 0.6 is 0 Å². The fourth-order valence-corrected chi connectivity index (χ4v) is 2.61. The van der Waals surface area contributed by atoms with Crippen LogP contribution in [0.3, 0.4) is 0 Å². The second-order valence-corrected chi connectivity index (χ2v) is 6.40. The number of nitrogens with zero attached hydrogens (tertiary/aromatic N) is 2. The largest absolute Gasteiger partial charge is 0.497 e. The third-order valence-corrected chi connectivity index (χ3v) is 3.55. The number of nitrogens with one attached hydrogen (secondary N) is 1. The van der Waals surface area contributed by atoms with E-state index in [0.717, 1.165) is 11.8 Å². The van der Waals surface area contributed by atoms with Crippen molar-refractivity contribution in [1.82, 2.24) is 9.97 Å². The van der Waals surface area contributed by atoms with E-state index in [1.54, 1.807) is 31.4 Å². The maximum atomic E-state index is 11.3. The predicted octanol–water partition coefficient (Wildman–Crippen LogP) is 2.16. The average molecular weight is 303 g/mol. The number of rotatable bonds is 3. The lowest BCUT2D eigenvalue weighted by atomic mass is 10.2. The van der Waals surface area contributed by atoms with Crippen LogP contribution in [0.15, 0.2) is 36.4 Å². The summed E-state index contributed by atoms with van der Waals surface area (Å²) in [5, 5.41) is 0. The normalized spacial score (nSPS) is 11.7. The Labute approximate surface area is 121 Å². The summed E-state index contributed by atoms with van der Waals surface area (Å²) in [4.78, 5) is 9.00. The number of fused-ring (bicyclic) bond motifs is 2. The number of methoxy groups -OCH3 is 1. The van der Waals surface area contributed by atoms with Gasteiger partial charge in [-0.2, -0.15) is 0 Å². The van der Waals surface area contributed by atoms with Gasteiger partial charge in [-0.1, -0.05) is 0 Å². The first-order valence-electron chi connectivity index (χ1n) is 6.18. The smallest absolute Gasteiger partial charge is 0.229 e. The highest BCUT2D eigenvalue weighted by atomic mass is 32.2. The lowest BCUT2D eigenvalue weighted by Gasteiger charge is -2.06. The van der Waals surface area contributed by atoms with Gasteiger partial charge in [0.1, 0.15) is 5.75 Å². The van der Waals surface area contributed by atoms with E-state index in [1.165, 1.54) is 0 Å². The van der Waals surface area contributed by atoms with Gasteiger partial charge >= 0.3 is 0 Å². The molecule has 7 heteroatoms. The van der Waals surface area contributed by atoms with Crippen LogP contribution in [0.2, 0.25) is 0 Å². The molecule has 108 valence electrons. The third-order valence-electron chi connectivity index (χ3n) is 2.94. The van der Waals surface area contributed by atoms with Crippen molar-refractivity contribution in [1.29, 1.82) is 0 Å². The maximum absolute atomic E-state index is 11.3. The second kappa shape index (κ2) is 4.85. The molecule has 3 aromatic rings. The molecule has 0 saturated carbocycles. The van der Waals surface area contributed by atoms with Gasteiger partial charge in [0.2, 0.25) is 10.0 Å². The third kappa shape index (κ3) is 2.87. The lowest BCUT2D eigenvalue weighted by molar-refractivity contribution is 0.415. The van der Waals surface area contributed by atoms with Crippen molar-refractivity contribution >= 4 is 37.8 Å². The molecule has 0 aliphatic heterocycles. The Bertz CT molecular complexity index is 939. The highest BCUT2D eigenvalue weighted by molar-refractivity contribution is 7.92. The molecule has 21 heavy (non-hydrogen) atoms. The van der Waals surface area contributed by atoms with Crippen molar-refractivity contribution in [2.45, 2.75) is 0 Å². The van der Waals surface area contributed by atoms with Gasteiger partial charge < -0.3 is 4.74 Å². The number of aromatic nitrogens is 2. The first-order valence-corrected chi connectivity index (χ1v) is 8.07. The van der Waals surface area contributed by atoms with Gasteiger partial charge in [-0.25, -0.2) is 18.4 Å². The van der Waals surface area contributed by atoms with Crippen molar-refractivity contribution in [2.75, 3.05) is 18.1 Å². The molecule has 0 amide bonds. The Balaban J connectivity index is 2.17. The quantitative estimate of drug-likeness (QED) is 0.750. The summed E-state index contributed by atoms with van der Waals surface area (Å²) in [6, 6.07) is 10.5. The number of sulfonamides is 1. The van der Waals surface area contributed by atoms with Crippen LogP contribution in [0.4, 0.5) is 5.69 Å². The predicted molar refractivity (Wildman–Crippen MR) is 82.1 cm³/mol. The Morgan fingerprint density at radius 1 is 0.952 bits per heavy atom. The minimum absolute atomic E-state index is 0.460. The SMILES string of the molecule is COc1ccc2nc3ccc(NS(C)(=O)=O)cc3nc2c1. The minimum Gasteiger partial charge on any atom is -0.497 e. The Hall–Kier alpha value is -2.41. The highest BCUT2D eigenvalue weighted by Crippen LogP contribution is 2.23. The molecule has 0 unspecified atom stereocenters. The van der Waals surface area contributed by atoms with Gasteiger partial charge in [-0.05, 0) is 30.3 Å². The Morgan fingerprint density at radius 3 is 2.24 bits per heavy atom. The standard InChI is InChI=1S/C14H13N3O3S/c1-20-10-4-6-12-14(8-10)16-13-7-9(17-21(2,18)19)3-5-11(13)15-12/h3-8,17H,1-2H3. The van der Waals surface area contributed by atoms with E-state index in [-0.39, 0.29) is 0 Å². The van der Waals surface area contributed by atoms with Gasteiger partial charge in [0, 0.05) is 6.07 Å². The zero-order valence-electron chi connectivity index (χ0n) is 11.5. The molecular weight excluding hydrogens is 290 g/mol. The summed E-state index contributed by atoms with van der Waals surface area (Å²) in [6.45, 7) is 0. The second-order valence-electron chi connectivity index (χ2n) is 4.66. The van der Waals surface area contributed by atoms with Gasteiger partial charge in [0.05, 0.1) is 41.1 Å². The van der Waals surface area contributed by atoms with Crippen molar-refractivity contribution < 1.29 is 13.2 Å². The van der Waals surface area contributed by atoms with E-state index in [1.807, 2.05) is 12.1 Å². The number of benzene rings is 2. The summed E-state index contributed by atoms with van der Waals surface area (Å²) in [6.07, 6.45) is 1.11. The molecule has 2 aromatic carbocycles. The van der Waals surface area contributed by atoms with Gasteiger partial charge in [-0.15, -0.1) is 0 Å². The monoisotopic (exact) mass is 303 g/mol. The maximum Gasteiger partial charge on any atom is 0.229 e. The zero-order valence-corrected chi connectivity index (χ0v) is 12.3. The molecule has 0 atom stereocenters. The van der Waals surface area contributed by atoms with E-state index >= 15 is 0 Å². The molecule has 0 radical (unpaired) electrons. The first-order chi connectivity index (χ1) is 9.94. The molecule has 0 fully saturated rings. The minimum atomic E-state index is -3.32. The van der Waals surface area contributed by atoms with Gasteiger partial charge in [0.25, 0.3) is 0 Å². The lowest BCUT2D eigenvalue weighted by Crippen LogP contribution is -2.09.